The lowest BCUT2D eigenvalue weighted by atomic mass is 10.2. The standard InChI is InChI=1S/C15H23N3O4/c1-15(2,3)22-13(20)6-5-12(19)16-8-7-11-9-17-14(21-4)18-10-11/h9-10H,5-8H2,1-4H3,(H,16,19). The molecular formula is C15H23N3O4. The zero-order valence-corrected chi connectivity index (χ0v) is 13.5. The van der Waals surface area contributed by atoms with Gasteiger partial charge in [-0.15, -0.1) is 0 Å². The van der Waals surface area contributed by atoms with E-state index in [0.717, 1.165) is 5.56 Å². The Morgan fingerprint density at radius 1 is 1.18 bits per heavy atom. The second kappa shape index (κ2) is 8.31. The first-order valence-corrected chi connectivity index (χ1v) is 7.13. The van der Waals surface area contributed by atoms with Gasteiger partial charge in [0, 0.05) is 25.4 Å². The molecule has 0 atom stereocenters. The molecule has 1 rings (SSSR count). The molecule has 0 fully saturated rings. The number of rotatable bonds is 7. The van der Waals surface area contributed by atoms with Crippen LogP contribution in [-0.2, 0) is 20.7 Å². The third-order valence-corrected chi connectivity index (χ3v) is 2.58. The highest BCUT2D eigenvalue weighted by molar-refractivity contribution is 5.81. The highest BCUT2D eigenvalue weighted by atomic mass is 16.6. The van der Waals surface area contributed by atoms with Crippen LogP contribution in [0, 0.1) is 0 Å². The summed E-state index contributed by atoms with van der Waals surface area (Å²) in [5.74, 6) is -0.550. The quantitative estimate of drug-likeness (QED) is 0.763. The van der Waals surface area contributed by atoms with Gasteiger partial charge >= 0.3 is 12.0 Å². The van der Waals surface area contributed by atoms with Gasteiger partial charge in [-0.3, -0.25) is 9.59 Å². The molecule has 7 nitrogen and oxygen atoms in total. The minimum absolute atomic E-state index is 0.0781. The minimum Gasteiger partial charge on any atom is -0.467 e. The topological polar surface area (TPSA) is 90.4 Å². The van der Waals surface area contributed by atoms with Crippen LogP contribution >= 0.6 is 0 Å². The molecule has 1 N–H and O–H groups in total. The van der Waals surface area contributed by atoms with Crippen molar-refractivity contribution in [3.8, 4) is 6.01 Å². The molecule has 122 valence electrons. The number of nitrogens with one attached hydrogen (secondary N) is 1. The normalized spacial score (nSPS) is 10.9. The molecule has 0 bridgehead atoms. The predicted octanol–water partition coefficient (Wildman–Crippen LogP) is 1.27. The Kier molecular flexibility index (Phi) is 6.75. The van der Waals surface area contributed by atoms with Crippen molar-refractivity contribution in [3.63, 3.8) is 0 Å². The first-order chi connectivity index (χ1) is 10.3. The van der Waals surface area contributed by atoms with Crippen LogP contribution in [0.25, 0.3) is 0 Å². The number of ether oxygens (including phenoxy) is 2. The molecule has 7 heteroatoms. The van der Waals surface area contributed by atoms with Crippen molar-refractivity contribution in [2.45, 2.75) is 45.6 Å². The van der Waals surface area contributed by atoms with Crippen LogP contribution in [0.4, 0.5) is 0 Å². The number of nitrogens with zero attached hydrogens (tertiary/aromatic N) is 2. The van der Waals surface area contributed by atoms with Gasteiger partial charge in [0.25, 0.3) is 0 Å². The average Bonchev–Trinajstić information content (AvgIpc) is 2.44. The van der Waals surface area contributed by atoms with E-state index in [1.807, 2.05) is 0 Å². The second-order valence-corrected chi connectivity index (χ2v) is 5.76. The summed E-state index contributed by atoms with van der Waals surface area (Å²) >= 11 is 0. The summed E-state index contributed by atoms with van der Waals surface area (Å²) in [4.78, 5) is 31.1. The van der Waals surface area contributed by atoms with Gasteiger partial charge in [0.05, 0.1) is 13.5 Å². The molecule has 0 aromatic carbocycles. The van der Waals surface area contributed by atoms with E-state index in [-0.39, 0.29) is 24.7 Å². The van der Waals surface area contributed by atoms with Gasteiger partial charge < -0.3 is 14.8 Å². The zero-order chi connectivity index (χ0) is 16.6. The fraction of sp³-hybridized carbons (Fsp3) is 0.600. The van der Waals surface area contributed by atoms with Gasteiger partial charge in [0.15, 0.2) is 0 Å². The van der Waals surface area contributed by atoms with Gasteiger partial charge in [-0.25, -0.2) is 9.97 Å². The van der Waals surface area contributed by atoms with Gasteiger partial charge in [-0.1, -0.05) is 0 Å². The Morgan fingerprint density at radius 2 is 1.82 bits per heavy atom. The molecule has 1 amide bonds. The van der Waals surface area contributed by atoms with Crippen molar-refractivity contribution in [1.29, 1.82) is 0 Å². The number of hydrogen-bond acceptors (Lipinski definition) is 6. The Bertz CT molecular complexity index is 495. The number of methoxy groups -OCH3 is 1. The Hall–Kier alpha value is -2.18. The van der Waals surface area contributed by atoms with Crippen LogP contribution in [0.15, 0.2) is 12.4 Å². The lowest BCUT2D eigenvalue weighted by molar-refractivity contribution is -0.155. The third-order valence-electron chi connectivity index (χ3n) is 2.58. The summed E-state index contributed by atoms with van der Waals surface area (Å²) < 4.78 is 10.0. The van der Waals surface area contributed by atoms with E-state index in [0.29, 0.717) is 19.0 Å². The van der Waals surface area contributed by atoms with Crippen molar-refractivity contribution in [3.05, 3.63) is 18.0 Å². The van der Waals surface area contributed by atoms with E-state index in [1.54, 1.807) is 33.2 Å². The molecule has 0 aliphatic heterocycles. The van der Waals surface area contributed by atoms with Gasteiger partial charge in [0.1, 0.15) is 5.60 Å². The molecule has 1 aromatic rings. The number of carbonyl (C=O) groups excluding carboxylic acids is 2. The molecule has 0 unspecified atom stereocenters. The van der Waals surface area contributed by atoms with Crippen LogP contribution < -0.4 is 10.1 Å². The van der Waals surface area contributed by atoms with E-state index < -0.39 is 5.60 Å². The number of amides is 1. The molecule has 0 spiro atoms. The molecule has 22 heavy (non-hydrogen) atoms. The first-order valence-electron chi connectivity index (χ1n) is 7.13. The summed E-state index contributed by atoms with van der Waals surface area (Å²) in [6, 6.07) is 0.310. The fourth-order valence-corrected chi connectivity index (χ4v) is 1.62. The summed E-state index contributed by atoms with van der Waals surface area (Å²) in [7, 11) is 1.50. The highest BCUT2D eigenvalue weighted by Gasteiger charge is 2.16. The number of hydrogen-bond donors (Lipinski definition) is 1. The molecule has 0 radical (unpaired) electrons. The minimum atomic E-state index is -0.526. The van der Waals surface area contributed by atoms with Gasteiger partial charge in [-0.2, -0.15) is 0 Å². The second-order valence-electron chi connectivity index (χ2n) is 5.76. The molecule has 0 aliphatic rings. The monoisotopic (exact) mass is 309 g/mol. The van der Waals surface area contributed by atoms with Crippen LogP contribution in [0.5, 0.6) is 6.01 Å². The number of esters is 1. The van der Waals surface area contributed by atoms with Crippen molar-refractivity contribution < 1.29 is 19.1 Å². The smallest absolute Gasteiger partial charge is 0.316 e. The van der Waals surface area contributed by atoms with E-state index in [4.69, 9.17) is 9.47 Å². The van der Waals surface area contributed by atoms with Crippen LogP contribution in [0.1, 0.15) is 39.2 Å². The Morgan fingerprint density at radius 3 is 2.36 bits per heavy atom. The number of carbonyl (C=O) groups is 2. The van der Waals surface area contributed by atoms with Gasteiger partial charge in [-0.05, 0) is 32.8 Å². The molecule has 0 aliphatic carbocycles. The van der Waals surface area contributed by atoms with Crippen molar-refractivity contribution in [1.82, 2.24) is 15.3 Å². The highest BCUT2D eigenvalue weighted by Crippen LogP contribution is 2.09. The molecule has 0 saturated carbocycles. The maximum atomic E-state index is 11.6. The van der Waals surface area contributed by atoms with Crippen LogP contribution in [0.3, 0.4) is 0 Å². The average molecular weight is 309 g/mol. The van der Waals surface area contributed by atoms with E-state index in [2.05, 4.69) is 15.3 Å². The maximum absolute atomic E-state index is 11.6. The lowest BCUT2D eigenvalue weighted by Crippen LogP contribution is -2.28. The van der Waals surface area contributed by atoms with Crippen LogP contribution in [-0.4, -0.2) is 41.1 Å². The van der Waals surface area contributed by atoms with Crippen LogP contribution in [0.2, 0.25) is 0 Å². The predicted molar refractivity (Wildman–Crippen MR) is 80.4 cm³/mol. The summed E-state index contributed by atoms with van der Waals surface area (Å²) in [5.41, 5.74) is 0.371. The van der Waals surface area contributed by atoms with E-state index in [1.165, 1.54) is 7.11 Å². The lowest BCUT2D eigenvalue weighted by Gasteiger charge is -2.19. The molecule has 0 saturated heterocycles. The summed E-state index contributed by atoms with van der Waals surface area (Å²) in [5, 5.41) is 2.74. The third kappa shape index (κ3) is 7.56. The van der Waals surface area contributed by atoms with Gasteiger partial charge in [0.2, 0.25) is 5.91 Å². The largest absolute Gasteiger partial charge is 0.467 e. The summed E-state index contributed by atoms with van der Waals surface area (Å²) in [6.45, 7) is 5.84. The SMILES string of the molecule is COc1ncc(CCNC(=O)CCC(=O)OC(C)(C)C)cn1. The Balaban J connectivity index is 2.21. The Labute approximate surface area is 130 Å². The van der Waals surface area contributed by atoms with Crippen molar-refractivity contribution in [2.75, 3.05) is 13.7 Å². The summed E-state index contributed by atoms with van der Waals surface area (Å²) in [6.07, 6.45) is 4.11. The molecule has 1 aromatic heterocycles. The van der Waals surface area contributed by atoms with Crippen molar-refractivity contribution in [2.24, 2.45) is 0 Å². The van der Waals surface area contributed by atoms with E-state index >= 15 is 0 Å². The fourth-order valence-electron chi connectivity index (χ4n) is 1.62. The molecule has 1 heterocycles. The maximum Gasteiger partial charge on any atom is 0.316 e. The van der Waals surface area contributed by atoms with Crippen molar-refractivity contribution >= 4 is 11.9 Å². The van der Waals surface area contributed by atoms with E-state index in [9.17, 15) is 9.59 Å². The first kappa shape index (κ1) is 17.9. The number of aromatic nitrogens is 2. The molecular weight excluding hydrogens is 286 g/mol. The zero-order valence-electron chi connectivity index (χ0n) is 13.5.